The van der Waals surface area contributed by atoms with Crippen molar-refractivity contribution < 1.29 is 9.53 Å². The predicted octanol–water partition coefficient (Wildman–Crippen LogP) is 2.90. The molecule has 4 heteroatoms. The number of rotatable bonds is 4. The molecule has 2 aromatic carbocycles. The molecule has 0 spiro atoms. The second-order valence-electron chi connectivity index (χ2n) is 4.72. The number of nitrogens with two attached hydrogens (primary N) is 1. The third-order valence-corrected chi connectivity index (χ3v) is 2.96. The maximum absolute atomic E-state index is 11.8. The molecule has 0 atom stereocenters. The zero-order valence-corrected chi connectivity index (χ0v) is 11.6. The Bertz CT molecular complexity index is 606. The molecule has 0 aliphatic rings. The van der Waals surface area contributed by atoms with E-state index in [4.69, 9.17) is 10.5 Å². The minimum Gasteiger partial charge on any atom is -0.484 e. The third-order valence-electron chi connectivity index (χ3n) is 2.96. The molecule has 0 aliphatic carbocycles. The minimum absolute atomic E-state index is 0.0453. The van der Waals surface area contributed by atoms with Crippen molar-refractivity contribution in [1.29, 1.82) is 0 Å². The van der Waals surface area contributed by atoms with Crippen molar-refractivity contribution in [3.8, 4) is 5.75 Å². The Morgan fingerprint density at radius 3 is 2.50 bits per heavy atom. The van der Waals surface area contributed by atoms with Gasteiger partial charge in [0.25, 0.3) is 5.91 Å². The third kappa shape index (κ3) is 3.75. The molecule has 104 valence electrons. The highest BCUT2D eigenvalue weighted by Crippen LogP contribution is 2.19. The lowest BCUT2D eigenvalue weighted by molar-refractivity contribution is -0.118. The number of nitrogen functional groups attached to an aromatic ring is 1. The Labute approximate surface area is 118 Å². The molecular formula is C16H18N2O2. The number of benzene rings is 2. The van der Waals surface area contributed by atoms with Crippen LogP contribution in [0.3, 0.4) is 0 Å². The van der Waals surface area contributed by atoms with Gasteiger partial charge in [0.05, 0.1) is 0 Å². The highest BCUT2D eigenvalue weighted by atomic mass is 16.5. The molecule has 2 aromatic rings. The number of hydrogen-bond acceptors (Lipinski definition) is 3. The van der Waals surface area contributed by atoms with Crippen LogP contribution >= 0.6 is 0 Å². The first-order chi connectivity index (χ1) is 9.54. The van der Waals surface area contributed by atoms with E-state index in [-0.39, 0.29) is 12.5 Å². The van der Waals surface area contributed by atoms with Crippen LogP contribution in [0, 0.1) is 13.8 Å². The van der Waals surface area contributed by atoms with Crippen LogP contribution in [0.15, 0.2) is 42.5 Å². The lowest BCUT2D eigenvalue weighted by Crippen LogP contribution is -2.20. The molecular weight excluding hydrogens is 252 g/mol. The van der Waals surface area contributed by atoms with E-state index in [1.807, 2.05) is 44.2 Å². The molecule has 0 bridgehead atoms. The van der Waals surface area contributed by atoms with Gasteiger partial charge in [-0.3, -0.25) is 4.79 Å². The summed E-state index contributed by atoms with van der Waals surface area (Å²) in [7, 11) is 0. The summed E-state index contributed by atoms with van der Waals surface area (Å²) in [6, 6.07) is 13.0. The molecule has 20 heavy (non-hydrogen) atoms. The van der Waals surface area contributed by atoms with E-state index in [9.17, 15) is 4.79 Å². The highest BCUT2D eigenvalue weighted by molar-refractivity contribution is 5.91. The van der Waals surface area contributed by atoms with Crippen molar-refractivity contribution in [3.05, 3.63) is 53.6 Å². The number of hydrogen-bond donors (Lipinski definition) is 2. The number of aryl methyl sites for hydroxylation is 2. The SMILES string of the molecule is Cc1ccc(NC(=O)COc2ccc(C)c(N)c2)cc1. The summed E-state index contributed by atoms with van der Waals surface area (Å²) in [6.07, 6.45) is 0. The number of ether oxygens (including phenoxy) is 1. The second kappa shape index (κ2) is 6.10. The van der Waals surface area contributed by atoms with Crippen LogP contribution in [-0.2, 0) is 4.79 Å². The maximum Gasteiger partial charge on any atom is 0.262 e. The first-order valence-corrected chi connectivity index (χ1v) is 6.40. The van der Waals surface area contributed by atoms with Gasteiger partial charge >= 0.3 is 0 Å². The molecule has 0 saturated carbocycles. The van der Waals surface area contributed by atoms with Gasteiger partial charge in [0.2, 0.25) is 0 Å². The van der Waals surface area contributed by atoms with Gasteiger partial charge in [-0.25, -0.2) is 0 Å². The molecule has 0 saturated heterocycles. The van der Waals surface area contributed by atoms with Crippen LogP contribution in [0.5, 0.6) is 5.75 Å². The van der Waals surface area contributed by atoms with E-state index in [0.717, 1.165) is 16.8 Å². The summed E-state index contributed by atoms with van der Waals surface area (Å²) in [5.74, 6) is 0.389. The van der Waals surface area contributed by atoms with Gasteiger partial charge in [-0.2, -0.15) is 0 Å². The van der Waals surface area contributed by atoms with Crippen LogP contribution in [0.1, 0.15) is 11.1 Å². The van der Waals surface area contributed by atoms with Gasteiger partial charge < -0.3 is 15.8 Å². The Kier molecular flexibility index (Phi) is 4.25. The van der Waals surface area contributed by atoms with Gasteiger partial charge in [0.15, 0.2) is 6.61 Å². The first-order valence-electron chi connectivity index (χ1n) is 6.40. The number of nitrogens with one attached hydrogen (secondary N) is 1. The highest BCUT2D eigenvalue weighted by Gasteiger charge is 2.04. The molecule has 0 aliphatic heterocycles. The van der Waals surface area contributed by atoms with Crippen molar-refractivity contribution in [2.45, 2.75) is 13.8 Å². The Balaban J connectivity index is 1.88. The molecule has 4 nitrogen and oxygen atoms in total. The second-order valence-corrected chi connectivity index (χ2v) is 4.72. The fraction of sp³-hybridized carbons (Fsp3) is 0.188. The standard InChI is InChI=1S/C16H18N2O2/c1-11-3-6-13(7-4-11)18-16(19)10-20-14-8-5-12(2)15(17)9-14/h3-9H,10,17H2,1-2H3,(H,18,19). The van der Waals surface area contributed by atoms with Crippen molar-refractivity contribution in [3.63, 3.8) is 0 Å². The topological polar surface area (TPSA) is 64.3 Å². The molecule has 1 amide bonds. The Morgan fingerprint density at radius 1 is 1.15 bits per heavy atom. The van der Waals surface area contributed by atoms with Crippen molar-refractivity contribution in [2.24, 2.45) is 0 Å². The summed E-state index contributed by atoms with van der Waals surface area (Å²) in [5.41, 5.74) is 9.33. The average Bonchev–Trinajstić information content (AvgIpc) is 2.43. The summed E-state index contributed by atoms with van der Waals surface area (Å²) in [5, 5.41) is 2.77. The maximum atomic E-state index is 11.8. The normalized spacial score (nSPS) is 10.1. The smallest absolute Gasteiger partial charge is 0.262 e. The molecule has 0 radical (unpaired) electrons. The zero-order valence-electron chi connectivity index (χ0n) is 11.6. The molecule has 3 N–H and O–H groups in total. The van der Waals surface area contributed by atoms with Crippen LogP contribution in [0.4, 0.5) is 11.4 Å². The van der Waals surface area contributed by atoms with E-state index in [2.05, 4.69) is 5.32 Å². The summed E-state index contributed by atoms with van der Waals surface area (Å²) in [6.45, 7) is 3.87. The number of carbonyl (C=O) groups is 1. The van der Waals surface area contributed by atoms with Crippen LogP contribution in [0.2, 0.25) is 0 Å². The molecule has 0 heterocycles. The van der Waals surface area contributed by atoms with Crippen molar-refractivity contribution in [2.75, 3.05) is 17.7 Å². The van der Waals surface area contributed by atoms with Crippen molar-refractivity contribution in [1.82, 2.24) is 0 Å². The van der Waals surface area contributed by atoms with Gasteiger partial charge in [0.1, 0.15) is 5.75 Å². The number of carbonyl (C=O) groups excluding carboxylic acids is 1. The zero-order chi connectivity index (χ0) is 14.5. The van der Waals surface area contributed by atoms with Gasteiger partial charge in [-0.1, -0.05) is 23.8 Å². The van der Waals surface area contributed by atoms with E-state index < -0.39 is 0 Å². The fourth-order valence-corrected chi connectivity index (χ4v) is 1.69. The Morgan fingerprint density at radius 2 is 1.85 bits per heavy atom. The summed E-state index contributed by atoms with van der Waals surface area (Å²) >= 11 is 0. The number of anilines is 2. The van der Waals surface area contributed by atoms with Crippen LogP contribution in [0.25, 0.3) is 0 Å². The lowest BCUT2D eigenvalue weighted by atomic mass is 10.2. The summed E-state index contributed by atoms with van der Waals surface area (Å²) < 4.78 is 5.41. The summed E-state index contributed by atoms with van der Waals surface area (Å²) in [4.78, 5) is 11.8. The Hall–Kier alpha value is -2.49. The average molecular weight is 270 g/mol. The van der Waals surface area contributed by atoms with Gasteiger partial charge in [-0.15, -0.1) is 0 Å². The van der Waals surface area contributed by atoms with E-state index >= 15 is 0 Å². The van der Waals surface area contributed by atoms with Crippen molar-refractivity contribution >= 4 is 17.3 Å². The van der Waals surface area contributed by atoms with E-state index in [0.29, 0.717) is 11.4 Å². The molecule has 0 unspecified atom stereocenters. The van der Waals surface area contributed by atoms with E-state index in [1.54, 1.807) is 12.1 Å². The first kappa shape index (κ1) is 13.9. The molecule has 2 rings (SSSR count). The fourth-order valence-electron chi connectivity index (χ4n) is 1.69. The van der Waals surface area contributed by atoms with Gasteiger partial charge in [0, 0.05) is 17.4 Å². The predicted molar refractivity (Wildman–Crippen MR) is 80.9 cm³/mol. The lowest BCUT2D eigenvalue weighted by Gasteiger charge is -2.09. The number of amides is 1. The monoisotopic (exact) mass is 270 g/mol. The minimum atomic E-state index is -0.201. The van der Waals surface area contributed by atoms with Gasteiger partial charge in [-0.05, 0) is 37.6 Å². The quantitative estimate of drug-likeness (QED) is 0.840. The largest absolute Gasteiger partial charge is 0.484 e. The molecule has 0 fully saturated rings. The van der Waals surface area contributed by atoms with Crippen LogP contribution < -0.4 is 15.8 Å². The molecule has 0 aromatic heterocycles. The van der Waals surface area contributed by atoms with E-state index in [1.165, 1.54) is 0 Å². The van der Waals surface area contributed by atoms with Crippen LogP contribution in [-0.4, -0.2) is 12.5 Å².